The van der Waals surface area contributed by atoms with Gasteiger partial charge in [0.25, 0.3) is 10.1 Å². The van der Waals surface area contributed by atoms with Gasteiger partial charge in [0.05, 0.1) is 16.9 Å². The molecule has 1 heterocycles. The highest BCUT2D eigenvalue weighted by Gasteiger charge is 2.65. The van der Waals surface area contributed by atoms with Crippen LogP contribution >= 0.6 is 10.3 Å². The summed E-state index contributed by atoms with van der Waals surface area (Å²) in [5.74, 6) is 1.72. The van der Waals surface area contributed by atoms with Crippen molar-refractivity contribution in [1.82, 2.24) is 0 Å². The summed E-state index contributed by atoms with van der Waals surface area (Å²) in [6, 6.07) is 0. The molecule has 1 aliphatic heterocycles. The first-order valence-electron chi connectivity index (χ1n) is 8.75. The highest BCUT2D eigenvalue weighted by Crippen LogP contribution is 2.65. The summed E-state index contributed by atoms with van der Waals surface area (Å²) in [6.45, 7) is 5.55. The van der Waals surface area contributed by atoms with E-state index < -0.39 is 25.8 Å². The maximum Gasteiger partial charge on any atom is 0.277 e. The number of hydrogen-bond donors (Lipinski definition) is 0. The Morgan fingerprint density at radius 3 is 2.38 bits per heavy atom. The summed E-state index contributed by atoms with van der Waals surface area (Å²) in [4.78, 5) is 24.2. The van der Waals surface area contributed by atoms with Crippen molar-refractivity contribution < 1.29 is 21.6 Å². The van der Waals surface area contributed by atoms with Crippen molar-refractivity contribution in [2.45, 2.75) is 52.9 Å². The van der Waals surface area contributed by atoms with Gasteiger partial charge in [-0.2, -0.15) is 8.42 Å². The van der Waals surface area contributed by atoms with Crippen molar-refractivity contribution in [2.75, 3.05) is 23.0 Å². The molecule has 0 amide bonds. The zero-order valence-corrected chi connectivity index (χ0v) is 16.4. The predicted octanol–water partition coefficient (Wildman–Crippen LogP) is 2.83. The second-order valence-corrected chi connectivity index (χ2v) is 13.3. The fourth-order valence-corrected chi connectivity index (χ4v) is 11.8. The van der Waals surface area contributed by atoms with Gasteiger partial charge in [-0.1, -0.05) is 13.8 Å². The number of Topliss-reactive ketones (excluding diaryl/α,β-unsaturated/α-hetero) is 2. The van der Waals surface area contributed by atoms with Crippen molar-refractivity contribution in [1.29, 1.82) is 0 Å². The molecule has 2 atom stereocenters. The number of ketones is 2. The Labute approximate surface area is 146 Å². The fourth-order valence-electron chi connectivity index (χ4n) is 5.09. The Morgan fingerprint density at radius 2 is 1.92 bits per heavy atom. The van der Waals surface area contributed by atoms with Crippen LogP contribution < -0.4 is 0 Å². The predicted molar refractivity (Wildman–Crippen MR) is 95.5 cm³/mol. The molecule has 0 spiro atoms. The van der Waals surface area contributed by atoms with Crippen LogP contribution in [0.4, 0.5) is 0 Å². The smallest absolute Gasteiger partial charge is 0.277 e. The Kier molecular flexibility index (Phi) is 4.45. The Hall–Kier alpha value is -0.400. The van der Waals surface area contributed by atoms with Crippen molar-refractivity contribution in [3.8, 4) is 0 Å². The summed E-state index contributed by atoms with van der Waals surface area (Å²) in [5, 5.41) is 0. The van der Waals surface area contributed by atoms with Crippen LogP contribution in [0.2, 0.25) is 0 Å². The second kappa shape index (κ2) is 5.81. The van der Waals surface area contributed by atoms with Crippen molar-refractivity contribution in [3.63, 3.8) is 0 Å². The van der Waals surface area contributed by atoms with Crippen molar-refractivity contribution in [2.24, 2.45) is 16.7 Å². The van der Waals surface area contributed by atoms with E-state index >= 15 is 0 Å². The largest absolute Gasteiger partial charge is 0.299 e. The molecule has 0 aromatic heterocycles. The quantitative estimate of drug-likeness (QED) is 0.712. The minimum Gasteiger partial charge on any atom is -0.299 e. The minimum atomic E-state index is -3.84. The van der Waals surface area contributed by atoms with Gasteiger partial charge >= 0.3 is 0 Å². The first-order chi connectivity index (χ1) is 11.0. The standard InChI is InChI=1S/C17H28O5S2/c1-13(18)11-23(8-4-5-9-23)22-24(20,21)12-17-7-6-14(10-15(17)19)16(17,2)3/h14H,4-12H2,1-3H3. The molecule has 3 rings (SSSR count). The monoisotopic (exact) mass is 376 g/mol. The Bertz CT molecular complexity index is 660. The summed E-state index contributed by atoms with van der Waals surface area (Å²) in [6.07, 6.45) is 3.88. The topological polar surface area (TPSA) is 77.5 Å². The third kappa shape index (κ3) is 2.86. The molecule has 2 bridgehead atoms. The Balaban J connectivity index is 1.84. The van der Waals surface area contributed by atoms with Gasteiger partial charge in [-0.15, -0.1) is 10.3 Å². The van der Waals surface area contributed by atoms with Gasteiger partial charge in [-0.25, -0.2) is 3.63 Å². The fraction of sp³-hybridized carbons (Fsp3) is 0.882. The maximum absolute atomic E-state index is 12.9. The molecule has 0 aromatic carbocycles. The van der Waals surface area contributed by atoms with E-state index in [1.165, 1.54) is 6.92 Å². The summed E-state index contributed by atoms with van der Waals surface area (Å²) >= 11 is 0. The first-order valence-corrected chi connectivity index (χ1v) is 12.4. The van der Waals surface area contributed by atoms with Gasteiger partial charge in [0.2, 0.25) is 0 Å². The third-order valence-corrected chi connectivity index (χ3v) is 12.4. The molecule has 2 unspecified atom stereocenters. The van der Waals surface area contributed by atoms with E-state index in [2.05, 4.69) is 0 Å². The molecule has 0 radical (unpaired) electrons. The Morgan fingerprint density at radius 1 is 1.29 bits per heavy atom. The number of rotatable bonds is 6. The van der Waals surface area contributed by atoms with Crippen molar-refractivity contribution in [3.05, 3.63) is 0 Å². The summed E-state index contributed by atoms with van der Waals surface area (Å²) in [5.41, 5.74) is -1.09. The zero-order valence-electron chi connectivity index (χ0n) is 14.8. The molecule has 0 aromatic rings. The van der Waals surface area contributed by atoms with Crippen LogP contribution in [0, 0.1) is 16.7 Å². The number of hydrogen-bond acceptors (Lipinski definition) is 5. The molecule has 3 aliphatic rings. The molecular weight excluding hydrogens is 348 g/mol. The van der Waals surface area contributed by atoms with Gasteiger partial charge in [-0.05, 0) is 43.9 Å². The van der Waals surface area contributed by atoms with E-state index in [4.69, 9.17) is 3.63 Å². The van der Waals surface area contributed by atoms with Gasteiger partial charge in [0.1, 0.15) is 11.6 Å². The van der Waals surface area contributed by atoms with E-state index in [1.54, 1.807) is 0 Å². The third-order valence-electron chi connectivity index (χ3n) is 6.56. The summed E-state index contributed by atoms with van der Waals surface area (Å²) < 4.78 is 31.5. The lowest BCUT2D eigenvalue weighted by Gasteiger charge is -2.38. The molecule has 138 valence electrons. The molecule has 2 aliphatic carbocycles. The van der Waals surface area contributed by atoms with Crippen LogP contribution in [0.3, 0.4) is 0 Å². The van der Waals surface area contributed by atoms with Gasteiger partial charge in [-0.3, -0.25) is 9.59 Å². The number of carbonyl (C=O) groups is 2. The van der Waals surface area contributed by atoms with E-state index in [9.17, 15) is 18.0 Å². The van der Waals surface area contributed by atoms with Crippen molar-refractivity contribution >= 4 is 32.0 Å². The number of fused-ring (bicyclic) bond motifs is 2. The number of carbonyl (C=O) groups excluding carboxylic acids is 2. The molecular formula is C17H28O5S2. The van der Waals surface area contributed by atoms with E-state index in [-0.39, 0.29) is 34.4 Å². The normalized spacial score (nSPS) is 35.3. The van der Waals surface area contributed by atoms with Crippen LogP contribution in [-0.4, -0.2) is 43.0 Å². The van der Waals surface area contributed by atoms with Gasteiger partial charge in [0.15, 0.2) is 0 Å². The van der Waals surface area contributed by atoms with E-state index in [0.717, 1.165) is 19.3 Å². The molecule has 2 saturated carbocycles. The van der Waals surface area contributed by atoms with Crippen LogP contribution in [-0.2, 0) is 23.3 Å². The molecule has 5 nitrogen and oxygen atoms in total. The lowest BCUT2D eigenvalue weighted by atomic mass is 9.70. The second-order valence-electron chi connectivity index (χ2n) is 8.36. The van der Waals surface area contributed by atoms with E-state index in [1.807, 2.05) is 13.8 Å². The highest BCUT2D eigenvalue weighted by molar-refractivity contribution is 8.33. The maximum atomic E-state index is 12.9. The molecule has 7 heteroatoms. The van der Waals surface area contributed by atoms with Crippen LogP contribution in [0.1, 0.15) is 52.9 Å². The molecule has 1 saturated heterocycles. The SMILES string of the molecule is CC(=O)CS1(OS(=O)(=O)CC23CCC(CC2=O)C3(C)C)CCCC1. The average Bonchev–Trinajstić information content (AvgIpc) is 2.99. The summed E-state index contributed by atoms with van der Waals surface area (Å²) in [7, 11) is -5.72. The van der Waals surface area contributed by atoms with Crippen LogP contribution in [0.25, 0.3) is 0 Å². The highest BCUT2D eigenvalue weighted by atomic mass is 32.3. The van der Waals surface area contributed by atoms with Crippen LogP contribution in [0.5, 0.6) is 0 Å². The average molecular weight is 377 g/mol. The molecule has 24 heavy (non-hydrogen) atoms. The lowest BCUT2D eigenvalue weighted by Crippen LogP contribution is -2.43. The minimum absolute atomic E-state index is 0.0153. The molecule has 3 fully saturated rings. The lowest BCUT2D eigenvalue weighted by molar-refractivity contribution is -0.128. The first kappa shape index (κ1) is 18.4. The zero-order chi connectivity index (χ0) is 17.8. The van der Waals surface area contributed by atoms with E-state index in [0.29, 0.717) is 24.3 Å². The van der Waals surface area contributed by atoms with Gasteiger partial charge < -0.3 is 0 Å². The van der Waals surface area contributed by atoms with Crippen LogP contribution in [0.15, 0.2) is 0 Å². The molecule has 0 N–H and O–H groups in total. The van der Waals surface area contributed by atoms with Gasteiger partial charge in [0, 0.05) is 17.9 Å².